The van der Waals surface area contributed by atoms with Gasteiger partial charge in [-0.25, -0.2) is 10.2 Å². The molecule has 0 aliphatic rings. The van der Waals surface area contributed by atoms with Gasteiger partial charge in [0.05, 0.1) is 5.56 Å². The molecular formula is C19H22N2O5. The molecule has 2 aromatic carbocycles. The summed E-state index contributed by atoms with van der Waals surface area (Å²) in [6.07, 6.45) is 0.0392. The number of aryl methyl sites for hydroxylation is 2. The number of esters is 1. The first-order valence-electron chi connectivity index (χ1n) is 7.99. The third-order valence-electron chi connectivity index (χ3n) is 4.26. The third-order valence-corrected chi connectivity index (χ3v) is 4.26. The highest BCUT2D eigenvalue weighted by Crippen LogP contribution is 2.29. The molecule has 0 bridgehead atoms. The molecule has 5 N–H and O–H groups in total. The Morgan fingerprint density at radius 2 is 1.81 bits per heavy atom. The van der Waals surface area contributed by atoms with Crippen molar-refractivity contribution >= 4 is 11.9 Å². The highest BCUT2D eigenvalue weighted by atomic mass is 16.5. The predicted octanol–water partition coefficient (Wildman–Crippen LogP) is 2.08. The minimum absolute atomic E-state index is 0.000797. The topological polar surface area (TPSA) is 122 Å². The molecule has 2 rings (SSSR count). The van der Waals surface area contributed by atoms with Crippen LogP contribution < -0.4 is 16.0 Å². The number of phenols is 1. The summed E-state index contributed by atoms with van der Waals surface area (Å²) in [6, 6.07) is 9.81. The van der Waals surface area contributed by atoms with Gasteiger partial charge in [0, 0.05) is 6.42 Å². The summed E-state index contributed by atoms with van der Waals surface area (Å²) in [7, 11) is 0. The summed E-state index contributed by atoms with van der Waals surface area (Å²) >= 11 is 0. The number of nitrogens with one attached hydrogen (secondary N) is 1. The first-order valence-corrected chi connectivity index (χ1v) is 7.99. The van der Waals surface area contributed by atoms with E-state index in [1.807, 2.05) is 6.07 Å². The zero-order valence-corrected chi connectivity index (χ0v) is 14.9. The molecule has 0 spiro atoms. The Bertz CT molecular complexity index is 830. The first-order chi connectivity index (χ1) is 12.2. The van der Waals surface area contributed by atoms with E-state index in [9.17, 15) is 19.8 Å². The van der Waals surface area contributed by atoms with Crippen LogP contribution in [0.1, 0.15) is 34.0 Å². The van der Waals surface area contributed by atoms with Gasteiger partial charge in [-0.05, 0) is 49.6 Å². The monoisotopic (exact) mass is 358 g/mol. The molecule has 0 saturated heterocycles. The molecule has 26 heavy (non-hydrogen) atoms. The van der Waals surface area contributed by atoms with E-state index in [4.69, 9.17) is 10.6 Å². The van der Waals surface area contributed by atoms with Crippen LogP contribution in [0, 0.1) is 13.8 Å². The first kappa shape index (κ1) is 19.4. The molecule has 0 saturated carbocycles. The number of ether oxygens (including phenoxy) is 1. The van der Waals surface area contributed by atoms with Crippen LogP contribution in [0.15, 0.2) is 36.4 Å². The second kappa shape index (κ2) is 7.55. The van der Waals surface area contributed by atoms with E-state index in [2.05, 4.69) is 5.43 Å². The molecule has 1 unspecified atom stereocenters. The van der Waals surface area contributed by atoms with Crippen molar-refractivity contribution in [2.75, 3.05) is 0 Å². The van der Waals surface area contributed by atoms with Gasteiger partial charge < -0.3 is 14.9 Å². The van der Waals surface area contributed by atoms with E-state index in [-0.39, 0.29) is 17.9 Å². The minimum Gasteiger partial charge on any atom is -0.504 e. The van der Waals surface area contributed by atoms with Crippen molar-refractivity contribution in [3.63, 3.8) is 0 Å². The molecule has 0 amide bonds. The fourth-order valence-electron chi connectivity index (χ4n) is 2.64. The van der Waals surface area contributed by atoms with Crippen molar-refractivity contribution in [2.24, 2.45) is 5.84 Å². The number of nitrogens with two attached hydrogens (primary N) is 1. The van der Waals surface area contributed by atoms with E-state index in [1.165, 1.54) is 19.1 Å². The summed E-state index contributed by atoms with van der Waals surface area (Å²) in [5.74, 6) is 3.37. The van der Waals surface area contributed by atoms with Crippen molar-refractivity contribution in [3.8, 4) is 11.5 Å². The normalized spacial score (nSPS) is 13.1. The average Bonchev–Trinajstić information content (AvgIpc) is 2.57. The third kappa shape index (κ3) is 4.01. The molecule has 0 aliphatic carbocycles. The van der Waals surface area contributed by atoms with Gasteiger partial charge in [-0.2, -0.15) is 0 Å². The standard InChI is InChI=1S/C19H22N2O5/c1-11-5-4-6-12(2)16(11)17(23)26-15-8-7-13(9-14(15)22)10-19(3,21-20)18(24)25/h4-9,21-22H,10,20H2,1-3H3,(H,24,25). The van der Waals surface area contributed by atoms with Crippen LogP contribution in [0.5, 0.6) is 11.5 Å². The van der Waals surface area contributed by atoms with E-state index in [0.717, 1.165) is 11.1 Å². The van der Waals surface area contributed by atoms with Crippen molar-refractivity contribution in [1.82, 2.24) is 5.43 Å². The van der Waals surface area contributed by atoms with E-state index in [1.54, 1.807) is 32.0 Å². The highest BCUT2D eigenvalue weighted by molar-refractivity contribution is 5.94. The van der Waals surface area contributed by atoms with E-state index < -0.39 is 17.5 Å². The van der Waals surface area contributed by atoms with E-state index >= 15 is 0 Å². The number of phenolic OH excluding ortho intramolecular Hbond substituents is 1. The average molecular weight is 358 g/mol. The molecule has 0 heterocycles. The molecule has 2 aromatic rings. The highest BCUT2D eigenvalue weighted by Gasteiger charge is 2.32. The van der Waals surface area contributed by atoms with Gasteiger partial charge in [-0.3, -0.25) is 10.6 Å². The van der Waals surface area contributed by atoms with Gasteiger partial charge in [0.2, 0.25) is 0 Å². The van der Waals surface area contributed by atoms with Crippen molar-refractivity contribution in [1.29, 1.82) is 0 Å². The fraction of sp³-hybridized carbons (Fsp3) is 0.263. The smallest absolute Gasteiger partial charge is 0.344 e. The fourth-order valence-corrected chi connectivity index (χ4v) is 2.64. The molecule has 138 valence electrons. The number of hydrogen-bond acceptors (Lipinski definition) is 6. The molecule has 0 fully saturated rings. The number of rotatable bonds is 6. The van der Waals surface area contributed by atoms with Crippen LogP contribution >= 0.6 is 0 Å². The summed E-state index contributed by atoms with van der Waals surface area (Å²) in [6.45, 7) is 5.04. The SMILES string of the molecule is Cc1cccc(C)c1C(=O)Oc1ccc(CC(C)(NN)C(=O)O)cc1O. The van der Waals surface area contributed by atoms with Gasteiger partial charge in [0.1, 0.15) is 5.54 Å². The van der Waals surface area contributed by atoms with Crippen LogP contribution in [-0.2, 0) is 11.2 Å². The Hall–Kier alpha value is -2.90. The number of aliphatic carboxylic acids is 1. The van der Waals surface area contributed by atoms with Gasteiger partial charge in [-0.1, -0.05) is 24.3 Å². The van der Waals surface area contributed by atoms with Gasteiger partial charge in [0.25, 0.3) is 0 Å². The number of benzene rings is 2. The lowest BCUT2D eigenvalue weighted by molar-refractivity contribution is -0.144. The van der Waals surface area contributed by atoms with Crippen LogP contribution in [0.25, 0.3) is 0 Å². The maximum absolute atomic E-state index is 12.4. The summed E-state index contributed by atoms with van der Waals surface area (Å²) in [5, 5.41) is 19.4. The van der Waals surface area contributed by atoms with Crippen LogP contribution in [0.2, 0.25) is 0 Å². The summed E-state index contributed by atoms with van der Waals surface area (Å²) in [4.78, 5) is 23.7. The van der Waals surface area contributed by atoms with Crippen molar-refractivity contribution in [3.05, 3.63) is 58.7 Å². The number of hydrazine groups is 1. The van der Waals surface area contributed by atoms with Gasteiger partial charge >= 0.3 is 11.9 Å². The molecule has 0 aromatic heterocycles. The summed E-state index contributed by atoms with van der Waals surface area (Å²) < 4.78 is 5.31. The van der Waals surface area contributed by atoms with Crippen molar-refractivity contribution in [2.45, 2.75) is 32.7 Å². The molecular weight excluding hydrogens is 336 g/mol. The second-order valence-corrected chi connectivity index (χ2v) is 6.42. The lowest BCUT2D eigenvalue weighted by atomic mass is 9.93. The quantitative estimate of drug-likeness (QED) is 0.270. The number of carbonyl (C=O) groups is 2. The molecule has 7 nitrogen and oxygen atoms in total. The molecule has 0 radical (unpaired) electrons. The minimum atomic E-state index is -1.39. The Labute approximate surface area is 151 Å². The maximum atomic E-state index is 12.4. The van der Waals surface area contributed by atoms with E-state index in [0.29, 0.717) is 11.1 Å². The number of carbonyl (C=O) groups excluding carboxylic acids is 1. The molecule has 7 heteroatoms. The second-order valence-electron chi connectivity index (χ2n) is 6.42. The van der Waals surface area contributed by atoms with Gasteiger partial charge in [0.15, 0.2) is 11.5 Å². The predicted molar refractivity (Wildman–Crippen MR) is 96.0 cm³/mol. The number of carboxylic acid groups (broad SMARTS) is 1. The lowest BCUT2D eigenvalue weighted by Crippen LogP contribution is -2.54. The Balaban J connectivity index is 2.23. The van der Waals surface area contributed by atoms with Crippen LogP contribution in [-0.4, -0.2) is 27.7 Å². The molecule has 0 aliphatic heterocycles. The Morgan fingerprint density at radius 3 is 2.31 bits per heavy atom. The Kier molecular flexibility index (Phi) is 5.64. The van der Waals surface area contributed by atoms with Crippen LogP contribution in [0.3, 0.4) is 0 Å². The number of carboxylic acids is 1. The zero-order valence-electron chi connectivity index (χ0n) is 14.9. The number of aromatic hydroxyl groups is 1. The van der Waals surface area contributed by atoms with Crippen LogP contribution in [0.4, 0.5) is 0 Å². The maximum Gasteiger partial charge on any atom is 0.344 e. The number of hydrogen-bond donors (Lipinski definition) is 4. The largest absolute Gasteiger partial charge is 0.504 e. The van der Waals surface area contributed by atoms with Gasteiger partial charge in [-0.15, -0.1) is 0 Å². The summed E-state index contributed by atoms with van der Waals surface area (Å²) in [5.41, 5.74) is 3.40. The zero-order chi connectivity index (χ0) is 19.5. The Morgan fingerprint density at radius 1 is 1.19 bits per heavy atom. The van der Waals surface area contributed by atoms with Crippen molar-refractivity contribution < 1.29 is 24.5 Å². The molecule has 1 atom stereocenters. The lowest BCUT2D eigenvalue weighted by Gasteiger charge is -2.23.